The van der Waals surface area contributed by atoms with Crippen molar-refractivity contribution in [3.05, 3.63) is 29.8 Å². The fourth-order valence-electron chi connectivity index (χ4n) is 4.48. The Balaban J connectivity index is 1.83. The first-order valence-electron chi connectivity index (χ1n) is 7.61. The first kappa shape index (κ1) is 13.9. The average Bonchev–Trinajstić information content (AvgIpc) is 2.70. The molecule has 4 atom stereocenters. The van der Waals surface area contributed by atoms with Crippen LogP contribution in [-0.2, 0) is 0 Å². The quantitative estimate of drug-likeness (QED) is 0.778. The van der Waals surface area contributed by atoms with Crippen molar-refractivity contribution in [1.29, 1.82) is 0 Å². The maximum absolute atomic E-state index is 11.1. The largest absolute Gasteiger partial charge is 0.508 e. The van der Waals surface area contributed by atoms with Crippen LogP contribution >= 0.6 is 0 Å². The van der Waals surface area contributed by atoms with Crippen LogP contribution in [0.15, 0.2) is 24.3 Å². The normalized spacial score (nSPS) is 40.5. The molecule has 110 valence electrons. The molecule has 2 aliphatic rings. The third kappa shape index (κ3) is 1.95. The van der Waals surface area contributed by atoms with Gasteiger partial charge in [-0.15, -0.1) is 0 Å². The molecule has 2 saturated carbocycles. The zero-order valence-electron chi connectivity index (χ0n) is 12.0. The number of rotatable bonds is 2. The van der Waals surface area contributed by atoms with Crippen LogP contribution in [0.5, 0.6) is 5.75 Å². The SMILES string of the molecule is C[C@]12CC[C@H](c3ccc(O)cc3)C[C@@]1(O)CC[C@@H]2CO. The molecule has 20 heavy (non-hydrogen) atoms. The van der Waals surface area contributed by atoms with Gasteiger partial charge in [0.2, 0.25) is 0 Å². The smallest absolute Gasteiger partial charge is 0.115 e. The summed E-state index contributed by atoms with van der Waals surface area (Å²) in [6, 6.07) is 7.37. The molecule has 3 N–H and O–H groups in total. The van der Waals surface area contributed by atoms with Gasteiger partial charge in [-0.05, 0) is 61.6 Å². The molecule has 0 unspecified atom stereocenters. The van der Waals surface area contributed by atoms with Gasteiger partial charge < -0.3 is 15.3 Å². The second-order valence-corrected chi connectivity index (χ2v) is 6.90. The molecule has 1 aromatic carbocycles. The van der Waals surface area contributed by atoms with E-state index in [-0.39, 0.29) is 23.7 Å². The van der Waals surface area contributed by atoms with Crippen LogP contribution in [0.1, 0.15) is 50.5 Å². The molecule has 0 spiro atoms. The fourth-order valence-corrected chi connectivity index (χ4v) is 4.48. The van der Waals surface area contributed by atoms with Gasteiger partial charge in [0.25, 0.3) is 0 Å². The molecule has 1 aromatic rings. The van der Waals surface area contributed by atoms with Gasteiger partial charge in [0.1, 0.15) is 5.75 Å². The first-order valence-corrected chi connectivity index (χ1v) is 7.61. The van der Waals surface area contributed by atoms with Gasteiger partial charge in [0, 0.05) is 12.0 Å². The van der Waals surface area contributed by atoms with Gasteiger partial charge in [-0.25, -0.2) is 0 Å². The molecule has 3 rings (SSSR count). The van der Waals surface area contributed by atoms with E-state index in [0.717, 1.165) is 32.1 Å². The molecule has 0 aliphatic heterocycles. The van der Waals surface area contributed by atoms with Gasteiger partial charge in [-0.3, -0.25) is 0 Å². The van der Waals surface area contributed by atoms with E-state index in [1.807, 2.05) is 12.1 Å². The van der Waals surface area contributed by atoms with Crippen molar-refractivity contribution in [2.75, 3.05) is 6.61 Å². The third-order valence-electron chi connectivity index (χ3n) is 6.05. The Morgan fingerprint density at radius 3 is 2.50 bits per heavy atom. The molecule has 0 amide bonds. The summed E-state index contributed by atoms with van der Waals surface area (Å²) in [5.41, 5.74) is 0.404. The molecule has 0 radical (unpaired) electrons. The highest BCUT2D eigenvalue weighted by molar-refractivity contribution is 5.30. The molecular formula is C17H24O3. The Labute approximate surface area is 120 Å². The minimum absolute atomic E-state index is 0.144. The van der Waals surface area contributed by atoms with E-state index in [1.165, 1.54) is 5.56 Å². The summed E-state index contributed by atoms with van der Waals surface area (Å²) < 4.78 is 0. The minimum atomic E-state index is -0.652. The summed E-state index contributed by atoms with van der Waals surface area (Å²) in [4.78, 5) is 0. The van der Waals surface area contributed by atoms with E-state index in [1.54, 1.807) is 12.1 Å². The Kier molecular flexibility index (Phi) is 3.30. The monoisotopic (exact) mass is 276 g/mol. The molecule has 0 aromatic heterocycles. The summed E-state index contributed by atoms with van der Waals surface area (Å²) in [6.07, 6.45) is 4.49. The van der Waals surface area contributed by atoms with Gasteiger partial charge >= 0.3 is 0 Å². The second kappa shape index (κ2) is 4.74. The Hall–Kier alpha value is -1.06. The van der Waals surface area contributed by atoms with Gasteiger partial charge in [0.15, 0.2) is 0 Å². The standard InChI is InChI=1S/C17H24O3/c1-16-8-6-13(12-2-4-15(19)5-3-12)10-17(16,20)9-7-14(16)11-18/h2-5,13-14,18-20H,6-11H2,1H3/t13-,14+,16+,17-/m0/s1. The van der Waals surface area contributed by atoms with Gasteiger partial charge in [-0.1, -0.05) is 19.1 Å². The zero-order chi connectivity index (χ0) is 14.4. The van der Waals surface area contributed by atoms with Crippen molar-refractivity contribution in [3.8, 4) is 5.75 Å². The molecule has 0 heterocycles. The predicted molar refractivity (Wildman–Crippen MR) is 77.6 cm³/mol. The number of hydrogen-bond acceptors (Lipinski definition) is 3. The highest BCUT2D eigenvalue weighted by Gasteiger charge is 2.58. The average molecular weight is 276 g/mol. The molecule has 0 saturated heterocycles. The van der Waals surface area contributed by atoms with Crippen LogP contribution in [0.3, 0.4) is 0 Å². The molecule has 2 aliphatic carbocycles. The van der Waals surface area contributed by atoms with Gasteiger partial charge in [0.05, 0.1) is 5.60 Å². The van der Waals surface area contributed by atoms with Crippen LogP contribution in [0.2, 0.25) is 0 Å². The highest BCUT2D eigenvalue weighted by atomic mass is 16.3. The number of benzene rings is 1. The lowest BCUT2D eigenvalue weighted by Crippen LogP contribution is -2.49. The lowest BCUT2D eigenvalue weighted by atomic mass is 9.59. The molecule has 0 bridgehead atoms. The Morgan fingerprint density at radius 1 is 1.15 bits per heavy atom. The molecular weight excluding hydrogens is 252 g/mol. The van der Waals surface area contributed by atoms with Crippen LogP contribution in [0.4, 0.5) is 0 Å². The lowest BCUT2D eigenvalue weighted by Gasteiger charge is -2.49. The number of phenols is 1. The summed E-state index contributed by atoms with van der Waals surface area (Å²) in [5, 5.41) is 30.0. The highest BCUT2D eigenvalue weighted by Crippen LogP contribution is 2.60. The summed E-state index contributed by atoms with van der Waals surface area (Å²) in [5.74, 6) is 0.869. The number of aromatic hydroxyl groups is 1. The van der Waals surface area contributed by atoms with Crippen LogP contribution < -0.4 is 0 Å². The van der Waals surface area contributed by atoms with E-state index in [4.69, 9.17) is 0 Å². The van der Waals surface area contributed by atoms with Crippen molar-refractivity contribution >= 4 is 0 Å². The Morgan fingerprint density at radius 2 is 1.85 bits per heavy atom. The number of hydrogen-bond donors (Lipinski definition) is 3. The van der Waals surface area contributed by atoms with Crippen molar-refractivity contribution in [3.63, 3.8) is 0 Å². The summed E-state index contributed by atoms with van der Waals surface area (Å²) >= 11 is 0. The predicted octanol–water partition coefficient (Wildman–Crippen LogP) is 2.80. The number of fused-ring (bicyclic) bond motifs is 1. The number of phenolic OH excluding ortho intramolecular Hbond substituents is 1. The maximum atomic E-state index is 11.1. The van der Waals surface area contributed by atoms with Crippen LogP contribution in [-0.4, -0.2) is 27.5 Å². The van der Waals surface area contributed by atoms with Crippen molar-refractivity contribution < 1.29 is 15.3 Å². The number of aliphatic hydroxyl groups excluding tert-OH is 1. The van der Waals surface area contributed by atoms with E-state index in [9.17, 15) is 15.3 Å². The maximum Gasteiger partial charge on any atom is 0.115 e. The molecule has 2 fully saturated rings. The van der Waals surface area contributed by atoms with Crippen LogP contribution in [0, 0.1) is 11.3 Å². The minimum Gasteiger partial charge on any atom is -0.508 e. The van der Waals surface area contributed by atoms with Gasteiger partial charge in [-0.2, -0.15) is 0 Å². The molecule has 3 nitrogen and oxygen atoms in total. The van der Waals surface area contributed by atoms with Crippen molar-refractivity contribution in [2.45, 2.75) is 50.5 Å². The first-order chi connectivity index (χ1) is 9.48. The van der Waals surface area contributed by atoms with E-state index >= 15 is 0 Å². The van der Waals surface area contributed by atoms with Crippen LogP contribution in [0.25, 0.3) is 0 Å². The number of aliphatic hydroxyl groups is 2. The van der Waals surface area contributed by atoms with Crippen molar-refractivity contribution in [2.24, 2.45) is 11.3 Å². The zero-order valence-corrected chi connectivity index (χ0v) is 12.0. The Bertz CT molecular complexity index is 484. The van der Waals surface area contributed by atoms with E-state index < -0.39 is 5.60 Å². The van der Waals surface area contributed by atoms with Crippen molar-refractivity contribution in [1.82, 2.24) is 0 Å². The third-order valence-corrected chi connectivity index (χ3v) is 6.05. The topological polar surface area (TPSA) is 60.7 Å². The summed E-state index contributed by atoms with van der Waals surface area (Å²) in [7, 11) is 0. The second-order valence-electron chi connectivity index (χ2n) is 6.90. The molecule has 3 heteroatoms. The van der Waals surface area contributed by atoms with E-state index in [2.05, 4.69) is 6.92 Å². The fraction of sp³-hybridized carbons (Fsp3) is 0.647. The van der Waals surface area contributed by atoms with E-state index in [0.29, 0.717) is 5.92 Å². The summed E-state index contributed by atoms with van der Waals surface area (Å²) in [6.45, 7) is 2.33. The lowest BCUT2D eigenvalue weighted by molar-refractivity contribution is -0.110.